The summed E-state index contributed by atoms with van der Waals surface area (Å²) < 4.78 is 0. The van der Waals surface area contributed by atoms with E-state index in [1.807, 2.05) is 4.90 Å². The average Bonchev–Trinajstić information content (AvgIpc) is 2.38. The van der Waals surface area contributed by atoms with Gasteiger partial charge < -0.3 is 10.0 Å². The molecule has 0 bridgehead atoms. The first-order valence-corrected chi connectivity index (χ1v) is 6.22. The summed E-state index contributed by atoms with van der Waals surface area (Å²) in [6, 6.07) is 5.15. The first kappa shape index (κ1) is 13.3. The van der Waals surface area contributed by atoms with E-state index in [0.29, 0.717) is 30.8 Å². The van der Waals surface area contributed by atoms with Crippen molar-refractivity contribution in [1.29, 1.82) is 0 Å². The zero-order chi connectivity index (χ0) is 14.0. The second kappa shape index (κ2) is 5.26. The highest BCUT2D eigenvalue weighted by molar-refractivity contribution is 5.73. The number of hydrogen-bond donors (Lipinski definition) is 1. The minimum Gasteiger partial charge on any atom is -0.481 e. The second-order valence-corrected chi connectivity index (χ2v) is 4.82. The van der Waals surface area contributed by atoms with Gasteiger partial charge in [-0.2, -0.15) is 0 Å². The van der Waals surface area contributed by atoms with E-state index in [1.165, 1.54) is 0 Å². The minimum absolute atomic E-state index is 0.0774. The lowest BCUT2D eigenvalue weighted by Crippen LogP contribution is -2.39. The molecule has 19 heavy (non-hydrogen) atoms. The lowest BCUT2D eigenvalue weighted by atomic mass is 9.97. The van der Waals surface area contributed by atoms with Gasteiger partial charge in [0.1, 0.15) is 5.69 Å². The standard InChI is InChI=1S/C13H16N2O4/c1-9-4-2-6-11(12(9)15(18)19)14-7-3-5-10(8-14)13(16)17/h2,4,6,10H,3,5,7-8H2,1H3,(H,16,17). The Morgan fingerprint density at radius 1 is 1.53 bits per heavy atom. The van der Waals surface area contributed by atoms with Gasteiger partial charge in [-0.05, 0) is 25.8 Å². The molecule has 1 aliphatic rings. The molecule has 0 aliphatic carbocycles. The van der Waals surface area contributed by atoms with Crippen molar-refractivity contribution in [3.05, 3.63) is 33.9 Å². The number of aliphatic carboxylic acids is 1. The van der Waals surface area contributed by atoms with Gasteiger partial charge in [-0.25, -0.2) is 0 Å². The summed E-state index contributed by atoms with van der Waals surface area (Å²) in [7, 11) is 0. The van der Waals surface area contributed by atoms with Gasteiger partial charge in [-0.1, -0.05) is 12.1 Å². The van der Waals surface area contributed by atoms with Crippen LogP contribution < -0.4 is 4.90 Å². The van der Waals surface area contributed by atoms with Gasteiger partial charge in [0.05, 0.1) is 10.8 Å². The Morgan fingerprint density at radius 2 is 2.26 bits per heavy atom. The zero-order valence-electron chi connectivity index (χ0n) is 10.7. The predicted octanol–water partition coefficient (Wildman–Crippen LogP) is 2.20. The van der Waals surface area contributed by atoms with E-state index >= 15 is 0 Å². The number of carbonyl (C=O) groups is 1. The van der Waals surface area contributed by atoms with Crippen molar-refractivity contribution in [3.8, 4) is 0 Å². The number of nitro benzene ring substituents is 1. The van der Waals surface area contributed by atoms with Crippen molar-refractivity contribution >= 4 is 17.3 Å². The van der Waals surface area contributed by atoms with Gasteiger partial charge in [0.15, 0.2) is 0 Å². The number of carboxylic acid groups (broad SMARTS) is 1. The quantitative estimate of drug-likeness (QED) is 0.668. The molecule has 1 saturated heterocycles. The highest BCUT2D eigenvalue weighted by Crippen LogP contribution is 2.33. The molecule has 1 atom stereocenters. The maximum absolute atomic E-state index is 11.2. The molecule has 1 heterocycles. The Labute approximate surface area is 110 Å². The summed E-state index contributed by atoms with van der Waals surface area (Å²) in [5, 5.41) is 20.2. The Kier molecular flexibility index (Phi) is 3.69. The van der Waals surface area contributed by atoms with Crippen molar-refractivity contribution < 1.29 is 14.8 Å². The molecule has 1 aromatic rings. The van der Waals surface area contributed by atoms with Gasteiger partial charge in [0.25, 0.3) is 5.69 Å². The molecule has 0 radical (unpaired) electrons. The Bertz CT molecular complexity index is 515. The van der Waals surface area contributed by atoms with Crippen molar-refractivity contribution in [2.24, 2.45) is 5.92 Å². The largest absolute Gasteiger partial charge is 0.481 e. The van der Waals surface area contributed by atoms with Gasteiger partial charge >= 0.3 is 5.97 Å². The normalized spacial score (nSPS) is 19.2. The van der Waals surface area contributed by atoms with Crippen LogP contribution in [0.1, 0.15) is 18.4 Å². The number of para-hydroxylation sites is 1. The molecule has 0 aromatic heterocycles. The molecular formula is C13H16N2O4. The van der Waals surface area contributed by atoms with Crippen LogP contribution >= 0.6 is 0 Å². The van der Waals surface area contributed by atoms with E-state index in [1.54, 1.807) is 25.1 Å². The van der Waals surface area contributed by atoms with Crippen LogP contribution in [-0.2, 0) is 4.79 Å². The highest BCUT2D eigenvalue weighted by atomic mass is 16.6. The van der Waals surface area contributed by atoms with Crippen molar-refractivity contribution in [1.82, 2.24) is 0 Å². The smallest absolute Gasteiger partial charge is 0.308 e. The molecule has 2 rings (SSSR count). The molecule has 102 valence electrons. The zero-order valence-corrected chi connectivity index (χ0v) is 10.7. The Morgan fingerprint density at radius 3 is 2.89 bits per heavy atom. The van der Waals surface area contributed by atoms with Crippen LogP contribution in [0, 0.1) is 23.0 Å². The van der Waals surface area contributed by atoms with Crippen LogP contribution in [0.3, 0.4) is 0 Å². The molecule has 1 N–H and O–H groups in total. The Hall–Kier alpha value is -2.11. The van der Waals surface area contributed by atoms with E-state index in [2.05, 4.69) is 0 Å². The van der Waals surface area contributed by atoms with Crippen molar-refractivity contribution in [2.45, 2.75) is 19.8 Å². The van der Waals surface area contributed by atoms with Crippen molar-refractivity contribution in [3.63, 3.8) is 0 Å². The first-order valence-electron chi connectivity index (χ1n) is 6.22. The minimum atomic E-state index is -0.833. The number of carboxylic acids is 1. The van der Waals surface area contributed by atoms with Gasteiger partial charge in [-0.3, -0.25) is 14.9 Å². The summed E-state index contributed by atoms with van der Waals surface area (Å²) in [5.41, 5.74) is 1.20. The number of nitro groups is 1. The average molecular weight is 264 g/mol. The van der Waals surface area contributed by atoms with Crippen LogP contribution in [0.4, 0.5) is 11.4 Å². The number of aryl methyl sites for hydroxylation is 1. The predicted molar refractivity (Wildman–Crippen MR) is 70.4 cm³/mol. The fourth-order valence-corrected chi connectivity index (χ4v) is 2.53. The SMILES string of the molecule is Cc1cccc(N2CCCC(C(=O)O)C2)c1[N+](=O)[O-]. The van der Waals surface area contributed by atoms with Gasteiger partial charge in [0, 0.05) is 18.7 Å². The van der Waals surface area contributed by atoms with E-state index in [4.69, 9.17) is 5.11 Å². The van der Waals surface area contributed by atoms with Crippen LogP contribution in [-0.4, -0.2) is 29.1 Å². The lowest BCUT2D eigenvalue weighted by molar-refractivity contribution is -0.384. The van der Waals surface area contributed by atoms with E-state index in [9.17, 15) is 14.9 Å². The molecule has 1 aromatic carbocycles. The lowest BCUT2D eigenvalue weighted by Gasteiger charge is -2.32. The monoisotopic (exact) mass is 264 g/mol. The Balaban J connectivity index is 2.34. The third-order valence-corrected chi connectivity index (χ3v) is 3.51. The number of hydrogen-bond acceptors (Lipinski definition) is 4. The summed E-state index contributed by atoms with van der Waals surface area (Å²) in [5.74, 6) is -1.28. The molecule has 0 saturated carbocycles. The molecule has 6 nitrogen and oxygen atoms in total. The van der Waals surface area contributed by atoms with Crippen LogP contribution in [0.2, 0.25) is 0 Å². The third kappa shape index (κ3) is 2.67. The molecule has 6 heteroatoms. The first-order chi connectivity index (χ1) is 9.00. The molecule has 0 spiro atoms. The summed E-state index contributed by atoms with van der Waals surface area (Å²) in [6.07, 6.45) is 1.37. The number of piperidine rings is 1. The number of anilines is 1. The molecular weight excluding hydrogens is 248 g/mol. The second-order valence-electron chi connectivity index (χ2n) is 4.82. The van der Waals surface area contributed by atoms with Gasteiger partial charge in [0.2, 0.25) is 0 Å². The fourth-order valence-electron chi connectivity index (χ4n) is 2.53. The van der Waals surface area contributed by atoms with E-state index in [0.717, 1.165) is 6.42 Å². The molecule has 1 unspecified atom stereocenters. The number of rotatable bonds is 3. The maximum atomic E-state index is 11.2. The molecule has 1 aliphatic heterocycles. The van der Waals surface area contributed by atoms with Crippen molar-refractivity contribution in [2.75, 3.05) is 18.0 Å². The fraction of sp³-hybridized carbons (Fsp3) is 0.462. The van der Waals surface area contributed by atoms with E-state index in [-0.39, 0.29) is 5.69 Å². The third-order valence-electron chi connectivity index (χ3n) is 3.51. The summed E-state index contributed by atoms with van der Waals surface area (Å²) >= 11 is 0. The summed E-state index contributed by atoms with van der Waals surface area (Å²) in [6.45, 7) is 2.69. The van der Waals surface area contributed by atoms with Gasteiger partial charge in [-0.15, -0.1) is 0 Å². The van der Waals surface area contributed by atoms with E-state index < -0.39 is 16.8 Å². The molecule has 0 amide bonds. The molecule has 1 fully saturated rings. The van der Waals surface area contributed by atoms with Crippen LogP contribution in [0.25, 0.3) is 0 Å². The summed E-state index contributed by atoms with van der Waals surface area (Å²) in [4.78, 5) is 23.6. The van der Waals surface area contributed by atoms with Crippen LogP contribution in [0.15, 0.2) is 18.2 Å². The topological polar surface area (TPSA) is 83.7 Å². The number of benzene rings is 1. The van der Waals surface area contributed by atoms with Crippen LogP contribution in [0.5, 0.6) is 0 Å². The highest BCUT2D eigenvalue weighted by Gasteiger charge is 2.29. The maximum Gasteiger partial charge on any atom is 0.308 e. The number of nitrogens with zero attached hydrogens (tertiary/aromatic N) is 2.